The predicted octanol–water partition coefficient (Wildman–Crippen LogP) is 3.15. The fraction of sp³-hybridized carbons (Fsp3) is 0.125. The molecule has 3 nitrogen and oxygen atoms in total. The van der Waals surface area contributed by atoms with Crippen molar-refractivity contribution in [2.24, 2.45) is 0 Å². The minimum atomic E-state index is -3.46. The predicted molar refractivity (Wildman–Crippen MR) is 81.6 cm³/mol. The molecule has 0 bridgehead atoms. The number of hydrogen-bond acceptors (Lipinski definition) is 2. The van der Waals surface area contributed by atoms with Crippen molar-refractivity contribution in [3.05, 3.63) is 72.3 Å². The summed E-state index contributed by atoms with van der Waals surface area (Å²) < 4.78 is 26.2. The molecule has 4 heteroatoms. The number of nitrogens with zero attached hydrogens (tertiary/aromatic N) is 1. The van der Waals surface area contributed by atoms with Crippen LogP contribution < -0.4 is 0 Å². The lowest BCUT2D eigenvalue weighted by Gasteiger charge is -2.18. The SMILES string of the molecule is C=Cc1ccccc1CN(C)S(=O)(=O)c1ccccc1. The second kappa shape index (κ2) is 6.03. The second-order valence-corrected chi connectivity index (χ2v) is 6.52. The van der Waals surface area contributed by atoms with Gasteiger partial charge >= 0.3 is 0 Å². The highest BCUT2D eigenvalue weighted by molar-refractivity contribution is 7.89. The van der Waals surface area contributed by atoms with Crippen molar-refractivity contribution in [1.82, 2.24) is 4.31 Å². The third kappa shape index (κ3) is 2.98. The summed E-state index contributed by atoms with van der Waals surface area (Å²) in [4.78, 5) is 0.304. The zero-order chi connectivity index (χ0) is 14.6. The highest BCUT2D eigenvalue weighted by Crippen LogP contribution is 2.18. The number of rotatable bonds is 5. The van der Waals surface area contributed by atoms with E-state index in [1.807, 2.05) is 24.3 Å². The minimum Gasteiger partial charge on any atom is -0.207 e. The van der Waals surface area contributed by atoms with E-state index in [2.05, 4.69) is 6.58 Å². The van der Waals surface area contributed by atoms with Crippen molar-refractivity contribution >= 4 is 16.1 Å². The normalized spacial score (nSPS) is 11.5. The molecule has 0 fully saturated rings. The largest absolute Gasteiger partial charge is 0.243 e. The van der Waals surface area contributed by atoms with Crippen molar-refractivity contribution in [3.8, 4) is 0 Å². The van der Waals surface area contributed by atoms with Gasteiger partial charge in [-0.25, -0.2) is 8.42 Å². The van der Waals surface area contributed by atoms with E-state index in [0.29, 0.717) is 11.4 Å². The van der Waals surface area contributed by atoms with Gasteiger partial charge in [0.2, 0.25) is 10.0 Å². The summed E-state index contributed by atoms with van der Waals surface area (Å²) in [7, 11) is -1.88. The molecule has 0 aliphatic carbocycles. The van der Waals surface area contributed by atoms with Crippen LogP contribution in [0.15, 0.2) is 66.1 Å². The average molecular weight is 287 g/mol. The maximum Gasteiger partial charge on any atom is 0.243 e. The van der Waals surface area contributed by atoms with Crippen LogP contribution in [-0.4, -0.2) is 19.8 Å². The highest BCUT2D eigenvalue weighted by Gasteiger charge is 2.20. The maximum atomic E-state index is 12.4. The Morgan fingerprint density at radius 1 is 1.05 bits per heavy atom. The first-order valence-corrected chi connectivity index (χ1v) is 7.71. The fourth-order valence-corrected chi connectivity index (χ4v) is 3.14. The Kier molecular flexibility index (Phi) is 4.37. The van der Waals surface area contributed by atoms with Gasteiger partial charge in [0.25, 0.3) is 0 Å². The molecule has 0 N–H and O–H groups in total. The van der Waals surface area contributed by atoms with Crippen LogP contribution in [0.1, 0.15) is 11.1 Å². The summed E-state index contributed by atoms with van der Waals surface area (Å²) in [5.41, 5.74) is 1.88. The van der Waals surface area contributed by atoms with Gasteiger partial charge in [0.05, 0.1) is 4.90 Å². The zero-order valence-electron chi connectivity index (χ0n) is 11.4. The number of hydrogen-bond donors (Lipinski definition) is 0. The van der Waals surface area contributed by atoms with E-state index in [0.717, 1.165) is 11.1 Å². The Balaban J connectivity index is 2.28. The number of benzene rings is 2. The molecular weight excluding hydrogens is 270 g/mol. The monoisotopic (exact) mass is 287 g/mol. The molecule has 0 aliphatic heterocycles. The quantitative estimate of drug-likeness (QED) is 0.847. The molecule has 104 valence electrons. The van der Waals surface area contributed by atoms with E-state index in [1.54, 1.807) is 43.5 Å². The summed E-state index contributed by atoms with van der Waals surface area (Å²) in [6.07, 6.45) is 1.73. The molecule has 0 heterocycles. The second-order valence-electron chi connectivity index (χ2n) is 4.48. The molecule has 0 radical (unpaired) electrons. The summed E-state index contributed by atoms with van der Waals surface area (Å²) in [5, 5.41) is 0. The molecular formula is C16H17NO2S. The van der Waals surface area contributed by atoms with Gasteiger partial charge in [0.1, 0.15) is 0 Å². The summed E-state index contributed by atoms with van der Waals surface area (Å²) in [6, 6.07) is 16.1. The van der Waals surface area contributed by atoms with Crippen molar-refractivity contribution in [2.75, 3.05) is 7.05 Å². The van der Waals surface area contributed by atoms with Crippen molar-refractivity contribution in [2.45, 2.75) is 11.4 Å². The van der Waals surface area contributed by atoms with Crippen molar-refractivity contribution in [1.29, 1.82) is 0 Å². The van der Waals surface area contributed by atoms with E-state index in [9.17, 15) is 8.42 Å². The van der Waals surface area contributed by atoms with Gasteiger partial charge in [-0.2, -0.15) is 4.31 Å². The first-order valence-electron chi connectivity index (χ1n) is 6.27. The van der Waals surface area contributed by atoms with Gasteiger partial charge < -0.3 is 0 Å². The van der Waals surface area contributed by atoms with Gasteiger partial charge in [0, 0.05) is 13.6 Å². The van der Waals surface area contributed by atoms with Gasteiger partial charge in [-0.1, -0.05) is 55.1 Å². The Hall–Kier alpha value is -1.91. The lowest BCUT2D eigenvalue weighted by Crippen LogP contribution is -2.26. The maximum absolute atomic E-state index is 12.4. The van der Waals surface area contributed by atoms with Gasteiger partial charge in [-0.05, 0) is 23.3 Å². The first kappa shape index (κ1) is 14.5. The molecule has 2 aromatic carbocycles. The standard InChI is InChI=1S/C16H17NO2S/c1-3-14-9-7-8-10-15(14)13-17(2)20(18,19)16-11-5-4-6-12-16/h3-12H,1,13H2,2H3. The average Bonchev–Trinajstić information content (AvgIpc) is 2.48. The van der Waals surface area contributed by atoms with Crippen molar-refractivity contribution < 1.29 is 8.42 Å². The van der Waals surface area contributed by atoms with E-state index >= 15 is 0 Å². The van der Waals surface area contributed by atoms with Gasteiger partial charge in [0.15, 0.2) is 0 Å². The van der Waals surface area contributed by atoms with E-state index < -0.39 is 10.0 Å². The van der Waals surface area contributed by atoms with Crippen LogP contribution in [0.2, 0.25) is 0 Å². The van der Waals surface area contributed by atoms with Crippen LogP contribution in [0.4, 0.5) is 0 Å². The summed E-state index contributed by atoms with van der Waals surface area (Å²) in [5.74, 6) is 0. The Labute approximate surface area is 120 Å². The molecule has 0 spiro atoms. The molecule has 2 aromatic rings. The molecule has 0 amide bonds. The molecule has 2 rings (SSSR count). The number of sulfonamides is 1. The fourth-order valence-electron chi connectivity index (χ4n) is 1.97. The van der Waals surface area contributed by atoms with Crippen LogP contribution >= 0.6 is 0 Å². The zero-order valence-corrected chi connectivity index (χ0v) is 12.2. The van der Waals surface area contributed by atoms with E-state index in [1.165, 1.54) is 4.31 Å². The minimum absolute atomic E-state index is 0.304. The molecule has 0 saturated carbocycles. The van der Waals surface area contributed by atoms with Gasteiger partial charge in [-0.15, -0.1) is 0 Å². The highest BCUT2D eigenvalue weighted by atomic mass is 32.2. The van der Waals surface area contributed by atoms with Crippen LogP contribution in [0.5, 0.6) is 0 Å². The lowest BCUT2D eigenvalue weighted by atomic mass is 10.1. The Bertz CT molecular complexity index is 693. The Morgan fingerprint density at radius 2 is 1.65 bits per heavy atom. The van der Waals surface area contributed by atoms with Crippen LogP contribution in [0, 0.1) is 0 Å². The molecule has 0 saturated heterocycles. The van der Waals surface area contributed by atoms with Crippen molar-refractivity contribution in [3.63, 3.8) is 0 Å². The topological polar surface area (TPSA) is 37.4 Å². The smallest absolute Gasteiger partial charge is 0.207 e. The third-order valence-corrected chi connectivity index (χ3v) is 4.94. The molecule has 0 atom stereocenters. The lowest BCUT2D eigenvalue weighted by molar-refractivity contribution is 0.466. The molecule has 0 aliphatic rings. The first-order chi connectivity index (χ1) is 9.55. The summed E-state index contributed by atoms with van der Waals surface area (Å²) >= 11 is 0. The molecule has 0 unspecified atom stereocenters. The van der Waals surface area contributed by atoms with Gasteiger partial charge in [-0.3, -0.25) is 0 Å². The van der Waals surface area contributed by atoms with Crippen LogP contribution in [0.25, 0.3) is 6.08 Å². The molecule has 20 heavy (non-hydrogen) atoms. The Morgan fingerprint density at radius 3 is 2.30 bits per heavy atom. The third-order valence-electron chi connectivity index (χ3n) is 3.12. The molecule has 0 aromatic heterocycles. The summed E-state index contributed by atoms with van der Waals surface area (Å²) in [6.45, 7) is 4.07. The van der Waals surface area contributed by atoms with E-state index in [4.69, 9.17) is 0 Å². The van der Waals surface area contributed by atoms with Crippen LogP contribution in [-0.2, 0) is 16.6 Å². The van der Waals surface area contributed by atoms with Crippen LogP contribution in [0.3, 0.4) is 0 Å². The van der Waals surface area contributed by atoms with E-state index in [-0.39, 0.29) is 0 Å².